The predicted octanol–water partition coefficient (Wildman–Crippen LogP) is 2.54. The van der Waals surface area contributed by atoms with Gasteiger partial charge in [-0.15, -0.1) is 0 Å². The van der Waals surface area contributed by atoms with Gasteiger partial charge in [-0.3, -0.25) is 4.79 Å². The van der Waals surface area contributed by atoms with Crippen molar-refractivity contribution in [3.05, 3.63) is 40.6 Å². The summed E-state index contributed by atoms with van der Waals surface area (Å²) >= 11 is 5.92. The number of carbonyl (C=O) groups excluding carboxylic acids is 2. The normalized spacial score (nSPS) is 11.0. The van der Waals surface area contributed by atoms with E-state index in [4.69, 9.17) is 21.1 Å². The molecule has 0 heterocycles. The molecule has 0 atom stereocenters. The lowest BCUT2D eigenvalue weighted by Crippen LogP contribution is -2.20. The highest BCUT2D eigenvalue weighted by atomic mass is 35.5. The number of hydrogen-bond acceptors (Lipinski definition) is 5. The van der Waals surface area contributed by atoms with Crippen molar-refractivity contribution in [2.75, 3.05) is 27.8 Å². The molecule has 114 valence electrons. The van der Waals surface area contributed by atoms with Gasteiger partial charge in [0.1, 0.15) is 11.3 Å². The molecule has 0 N–H and O–H groups in total. The van der Waals surface area contributed by atoms with E-state index >= 15 is 0 Å². The maximum absolute atomic E-state index is 12.6. The van der Waals surface area contributed by atoms with E-state index in [2.05, 4.69) is 0 Å². The predicted molar refractivity (Wildman–Crippen MR) is 80.7 cm³/mol. The van der Waals surface area contributed by atoms with E-state index in [9.17, 15) is 9.59 Å². The van der Waals surface area contributed by atoms with Gasteiger partial charge >= 0.3 is 5.97 Å². The summed E-state index contributed by atoms with van der Waals surface area (Å²) in [5.74, 6) is -0.835. The zero-order valence-electron chi connectivity index (χ0n) is 12.5. The number of halogens is 1. The van der Waals surface area contributed by atoms with Crippen LogP contribution in [0.4, 0.5) is 0 Å². The van der Waals surface area contributed by atoms with Crippen LogP contribution in [0.15, 0.2) is 30.0 Å². The van der Waals surface area contributed by atoms with Gasteiger partial charge < -0.3 is 14.4 Å². The Labute approximate surface area is 129 Å². The van der Waals surface area contributed by atoms with Gasteiger partial charge in [0.2, 0.25) is 5.78 Å². The molecule has 1 rings (SSSR count). The Balaban J connectivity index is 3.29. The first kappa shape index (κ1) is 17.0. The smallest absolute Gasteiger partial charge is 0.343 e. The first-order chi connectivity index (χ1) is 9.90. The lowest BCUT2D eigenvalue weighted by atomic mass is 10.0. The van der Waals surface area contributed by atoms with Gasteiger partial charge in [-0.05, 0) is 25.1 Å². The zero-order valence-corrected chi connectivity index (χ0v) is 13.2. The SMILES string of the molecule is CCOC(=O)C(=CN(C)C)C(=O)c1cc(Cl)ccc1OC. The van der Waals surface area contributed by atoms with Gasteiger partial charge in [0.05, 0.1) is 19.3 Å². The molecule has 0 saturated carbocycles. The number of Topliss-reactive ketones (excluding diaryl/α,β-unsaturated/α-hetero) is 1. The Morgan fingerprint density at radius 2 is 2.00 bits per heavy atom. The molecule has 0 aliphatic heterocycles. The van der Waals surface area contributed by atoms with Gasteiger partial charge in [-0.2, -0.15) is 0 Å². The summed E-state index contributed by atoms with van der Waals surface area (Å²) in [6, 6.07) is 4.65. The fourth-order valence-corrected chi connectivity index (χ4v) is 1.85. The number of hydrogen-bond donors (Lipinski definition) is 0. The molecular formula is C15H18ClNO4. The molecule has 1 aromatic rings. The molecule has 0 amide bonds. The highest BCUT2D eigenvalue weighted by Crippen LogP contribution is 2.25. The number of methoxy groups -OCH3 is 1. The van der Waals surface area contributed by atoms with Crippen molar-refractivity contribution < 1.29 is 19.1 Å². The standard InChI is InChI=1S/C15H18ClNO4/c1-5-21-15(19)12(9-17(2)3)14(18)11-8-10(16)6-7-13(11)20-4/h6-9H,5H2,1-4H3. The molecule has 0 fully saturated rings. The second-order valence-electron chi connectivity index (χ2n) is 4.40. The van der Waals surface area contributed by atoms with E-state index in [-0.39, 0.29) is 17.7 Å². The Morgan fingerprint density at radius 1 is 1.33 bits per heavy atom. The van der Waals surface area contributed by atoms with Crippen molar-refractivity contribution in [2.45, 2.75) is 6.92 Å². The van der Waals surface area contributed by atoms with E-state index in [0.717, 1.165) is 0 Å². The molecule has 0 radical (unpaired) electrons. The van der Waals surface area contributed by atoms with Crippen LogP contribution in [0.2, 0.25) is 5.02 Å². The fourth-order valence-electron chi connectivity index (χ4n) is 1.67. The first-order valence-corrected chi connectivity index (χ1v) is 6.72. The largest absolute Gasteiger partial charge is 0.496 e. The minimum atomic E-state index is -0.682. The monoisotopic (exact) mass is 311 g/mol. The van der Waals surface area contributed by atoms with Crippen LogP contribution in [0, 0.1) is 0 Å². The zero-order chi connectivity index (χ0) is 16.0. The van der Waals surface area contributed by atoms with Crippen molar-refractivity contribution in [1.82, 2.24) is 4.90 Å². The van der Waals surface area contributed by atoms with Crippen LogP contribution in [0.1, 0.15) is 17.3 Å². The topological polar surface area (TPSA) is 55.8 Å². The van der Waals surface area contributed by atoms with Crippen LogP contribution in [0.3, 0.4) is 0 Å². The summed E-state index contributed by atoms with van der Waals surface area (Å²) < 4.78 is 10.1. The third kappa shape index (κ3) is 4.49. The second-order valence-corrected chi connectivity index (χ2v) is 4.84. The number of nitrogens with zero attached hydrogens (tertiary/aromatic N) is 1. The van der Waals surface area contributed by atoms with Crippen LogP contribution in [-0.2, 0) is 9.53 Å². The summed E-state index contributed by atoms with van der Waals surface area (Å²) in [4.78, 5) is 26.2. The molecule has 0 aliphatic rings. The molecule has 6 heteroatoms. The molecule has 0 unspecified atom stereocenters. The summed E-state index contributed by atoms with van der Waals surface area (Å²) in [7, 11) is 4.86. The van der Waals surface area contributed by atoms with Crippen molar-refractivity contribution in [3.63, 3.8) is 0 Å². The van der Waals surface area contributed by atoms with E-state index in [1.165, 1.54) is 19.4 Å². The number of ether oxygens (including phenoxy) is 2. The summed E-state index contributed by atoms with van der Waals surface area (Å²) in [6.07, 6.45) is 1.42. The average molecular weight is 312 g/mol. The maximum atomic E-state index is 12.6. The van der Waals surface area contributed by atoms with E-state index in [1.807, 2.05) is 0 Å². The molecule has 5 nitrogen and oxygen atoms in total. The number of benzene rings is 1. The minimum absolute atomic E-state index is 0.0811. The molecule has 0 bridgehead atoms. The first-order valence-electron chi connectivity index (χ1n) is 6.34. The van der Waals surface area contributed by atoms with Gasteiger partial charge in [-0.25, -0.2) is 4.79 Å². The third-order valence-electron chi connectivity index (χ3n) is 2.53. The van der Waals surface area contributed by atoms with Crippen LogP contribution >= 0.6 is 11.6 Å². The Bertz CT molecular complexity index is 567. The van der Waals surface area contributed by atoms with Crippen LogP contribution in [-0.4, -0.2) is 44.5 Å². The van der Waals surface area contributed by atoms with Gasteiger partial charge in [0.25, 0.3) is 0 Å². The van der Waals surface area contributed by atoms with Gasteiger partial charge in [0, 0.05) is 25.3 Å². The number of ketones is 1. The molecule has 0 aromatic heterocycles. The summed E-state index contributed by atoms with van der Waals surface area (Å²) in [5.41, 5.74) is 0.133. The molecule has 0 saturated heterocycles. The maximum Gasteiger partial charge on any atom is 0.343 e. The Hall–Kier alpha value is -2.01. The number of rotatable bonds is 6. The van der Waals surface area contributed by atoms with Crippen molar-refractivity contribution in [2.24, 2.45) is 0 Å². The van der Waals surface area contributed by atoms with Crippen molar-refractivity contribution >= 4 is 23.4 Å². The fraction of sp³-hybridized carbons (Fsp3) is 0.333. The van der Waals surface area contributed by atoms with E-state index < -0.39 is 11.8 Å². The molecule has 21 heavy (non-hydrogen) atoms. The van der Waals surface area contributed by atoms with Gasteiger partial charge in [0.15, 0.2) is 0 Å². The third-order valence-corrected chi connectivity index (χ3v) is 2.77. The molecule has 1 aromatic carbocycles. The highest BCUT2D eigenvalue weighted by Gasteiger charge is 2.24. The second kappa shape index (κ2) is 7.69. The summed E-state index contributed by atoms with van der Waals surface area (Å²) in [6.45, 7) is 1.86. The van der Waals surface area contributed by atoms with Crippen molar-refractivity contribution in [1.29, 1.82) is 0 Å². The minimum Gasteiger partial charge on any atom is -0.496 e. The quantitative estimate of drug-likeness (QED) is 0.266. The molecule has 0 spiro atoms. The van der Waals surface area contributed by atoms with Crippen LogP contribution in [0.25, 0.3) is 0 Å². The van der Waals surface area contributed by atoms with Crippen LogP contribution in [0.5, 0.6) is 5.75 Å². The Kier molecular flexibility index (Phi) is 6.24. The Morgan fingerprint density at radius 3 is 2.52 bits per heavy atom. The molecule has 0 aliphatic carbocycles. The van der Waals surface area contributed by atoms with E-state index in [0.29, 0.717) is 10.8 Å². The van der Waals surface area contributed by atoms with E-state index in [1.54, 1.807) is 38.1 Å². The summed E-state index contributed by atoms with van der Waals surface area (Å²) in [5, 5.41) is 0.382. The lowest BCUT2D eigenvalue weighted by Gasteiger charge is -2.12. The average Bonchev–Trinajstić information content (AvgIpc) is 2.44. The van der Waals surface area contributed by atoms with Crippen molar-refractivity contribution in [3.8, 4) is 5.75 Å². The highest BCUT2D eigenvalue weighted by molar-refractivity contribution is 6.32. The molecular weight excluding hydrogens is 294 g/mol. The van der Waals surface area contributed by atoms with Gasteiger partial charge in [-0.1, -0.05) is 11.6 Å². The lowest BCUT2D eigenvalue weighted by molar-refractivity contribution is -0.138. The van der Waals surface area contributed by atoms with Crippen LogP contribution < -0.4 is 4.74 Å². The number of esters is 1. The number of carbonyl (C=O) groups is 2.